The van der Waals surface area contributed by atoms with Gasteiger partial charge in [-0.25, -0.2) is 4.98 Å². The lowest BCUT2D eigenvalue weighted by Gasteiger charge is -2.44. The molecule has 2 N–H and O–H groups in total. The first-order valence-corrected chi connectivity index (χ1v) is 11.8. The van der Waals surface area contributed by atoms with Gasteiger partial charge >= 0.3 is 0 Å². The molecule has 2 aromatic carbocycles. The first kappa shape index (κ1) is 21.5. The lowest BCUT2D eigenvalue weighted by molar-refractivity contribution is 0.0785. The summed E-state index contributed by atoms with van der Waals surface area (Å²) in [6, 6.07) is 17.4. The van der Waals surface area contributed by atoms with Crippen LogP contribution in [0.25, 0.3) is 11.5 Å². The van der Waals surface area contributed by atoms with Gasteiger partial charge in [0.15, 0.2) is 0 Å². The van der Waals surface area contributed by atoms with Crippen LogP contribution in [-0.4, -0.2) is 33.0 Å². The molecule has 5 rings (SSSR count). The van der Waals surface area contributed by atoms with Crippen LogP contribution in [0.5, 0.6) is 0 Å². The van der Waals surface area contributed by atoms with Crippen molar-refractivity contribution in [3.05, 3.63) is 87.7 Å². The molecule has 0 unspecified atom stereocenters. The predicted molar refractivity (Wildman–Crippen MR) is 127 cm³/mol. The van der Waals surface area contributed by atoms with Gasteiger partial charge in [-0.3, -0.25) is 4.79 Å². The van der Waals surface area contributed by atoms with Crippen LogP contribution in [0.2, 0.25) is 0 Å². The number of rotatable bonds is 6. The number of carbonyl (C=O) groups is 1. The number of amides is 1. The monoisotopic (exact) mass is 459 g/mol. The lowest BCUT2D eigenvalue weighted by atomic mass is 9.64. The zero-order chi connectivity index (χ0) is 23.0. The first-order chi connectivity index (χ1) is 15.9. The van der Waals surface area contributed by atoms with E-state index in [1.165, 1.54) is 5.56 Å². The van der Waals surface area contributed by atoms with E-state index in [2.05, 4.69) is 27.3 Å². The number of hydrogen-bond donors (Lipinski definition) is 1. The molecular weight excluding hydrogens is 434 g/mol. The van der Waals surface area contributed by atoms with Crippen LogP contribution in [0.4, 0.5) is 0 Å². The van der Waals surface area contributed by atoms with Crippen molar-refractivity contribution in [1.29, 1.82) is 0 Å². The van der Waals surface area contributed by atoms with E-state index in [0.717, 1.165) is 23.5 Å². The average molecular weight is 460 g/mol. The van der Waals surface area contributed by atoms with Crippen LogP contribution in [0.15, 0.2) is 64.4 Å². The van der Waals surface area contributed by atoms with Gasteiger partial charge in [0.2, 0.25) is 11.8 Å². The number of benzene rings is 2. The Hall–Kier alpha value is -3.36. The fourth-order valence-electron chi connectivity index (χ4n) is 4.29. The summed E-state index contributed by atoms with van der Waals surface area (Å²) in [6.07, 6.45) is 1.76. The van der Waals surface area contributed by atoms with E-state index in [0.29, 0.717) is 29.5 Å². The SMILES string of the molecule is Cc1csc(CN(C)C(=O)c2cccc(-c3nnc([C@]4(N)CC[C@@H]4c4ccccc4)o3)c2)n1. The van der Waals surface area contributed by atoms with Gasteiger partial charge in [-0.1, -0.05) is 36.4 Å². The third-order valence-corrected chi connectivity index (χ3v) is 7.19. The third kappa shape index (κ3) is 4.07. The maximum absolute atomic E-state index is 13.0. The highest BCUT2D eigenvalue weighted by atomic mass is 32.1. The van der Waals surface area contributed by atoms with E-state index in [1.54, 1.807) is 35.4 Å². The van der Waals surface area contributed by atoms with Gasteiger partial charge in [-0.2, -0.15) is 0 Å². The average Bonchev–Trinajstić information content (AvgIpc) is 3.47. The van der Waals surface area contributed by atoms with Gasteiger partial charge in [-0.15, -0.1) is 21.5 Å². The second-order valence-corrected chi connectivity index (χ2v) is 9.52. The highest BCUT2D eigenvalue weighted by Crippen LogP contribution is 2.50. The van der Waals surface area contributed by atoms with Crippen molar-refractivity contribution in [2.24, 2.45) is 5.73 Å². The van der Waals surface area contributed by atoms with E-state index in [1.807, 2.05) is 42.6 Å². The summed E-state index contributed by atoms with van der Waals surface area (Å²) in [4.78, 5) is 19.1. The van der Waals surface area contributed by atoms with Crippen molar-refractivity contribution in [2.75, 3.05) is 7.05 Å². The molecule has 1 fully saturated rings. The number of aromatic nitrogens is 3. The zero-order valence-corrected chi connectivity index (χ0v) is 19.4. The van der Waals surface area contributed by atoms with Crippen LogP contribution in [0, 0.1) is 6.92 Å². The third-order valence-electron chi connectivity index (χ3n) is 6.24. The van der Waals surface area contributed by atoms with Crippen LogP contribution in [-0.2, 0) is 12.1 Å². The molecule has 0 radical (unpaired) electrons. The summed E-state index contributed by atoms with van der Waals surface area (Å²) < 4.78 is 6.04. The lowest BCUT2D eigenvalue weighted by Crippen LogP contribution is -2.50. The Morgan fingerprint density at radius 1 is 1.21 bits per heavy atom. The maximum Gasteiger partial charge on any atom is 0.253 e. The highest BCUT2D eigenvalue weighted by Gasteiger charge is 2.49. The number of carbonyl (C=O) groups excluding carboxylic acids is 1. The smallest absolute Gasteiger partial charge is 0.253 e. The molecule has 2 aromatic heterocycles. The van der Waals surface area contributed by atoms with Crippen molar-refractivity contribution < 1.29 is 9.21 Å². The molecule has 0 saturated heterocycles. The topological polar surface area (TPSA) is 98.1 Å². The van der Waals surface area contributed by atoms with Gasteiger partial charge in [-0.05, 0) is 43.5 Å². The Balaban J connectivity index is 1.35. The normalized spacial score (nSPS) is 19.8. The molecule has 1 saturated carbocycles. The minimum Gasteiger partial charge on any atom is -0.419 e. The molecular formula is C25H25N5O2S. The van der Waals surface area contributed by atoms with Crippen LogP contribution in [0.3, 0.4) is 0 Å². The minimum atomic E-state index is -0.675. The van der Waals surface area contributed by atoms with E-state index in [9.17, 15) is 4.79 Å². The summed E-state index contributed by atoms with van der Waals surface area (Å²) in [6.45, 7) is 2.41. The Morgan fingerprint density at radius 2 is 2.03 bits per heavy atom. The number of nitrogens with two attached hydrogens (primary N) is 1. The molecule has 7 nitrogen and oxygen atoms in total. The molecule has 1 aliphatic carbocycles. The van der Waals surface area contributed by atoms with Crippen LogP contribution in [0.1, 0.15) is 51.3 Å². The fourth-order valence-corrected chi connectivity index (χ4v) is 5.11. The van der Waals surface area contributed by atoms with Crippen molar-refractivity contribution in [2.45, 2.75) is 37.8 Å². The quantitative estimate of drug-likeness (QED) is 0.456. The van der Waals surface area contributed by atoms with Crippen molar-refractivity contribution in [3.63, 3.8) is 0 Å². The maximum atomic E-state index is 13.0. The first-order valence-electron chi connectivity index (χ1n) is 10.9. The Kier molecular flexibility index (Phi) is 5.55. The fraction of sp³-hybridized carbons (Fsp3) is 0.280. The standard InChI is InChI=1S/C25H25N5O2S/c1-16-15-33-21(27-16)14-30(2)23(31)19-10-6-9-18(13-19)22-28-29-24(32-22)25(26)12-11-20(25)17-7-4-3-5-8-17/h3-10,13,15,20H,11-12,14,26H2,1-2H3/t20-,25+/m1/s1. The van der Waals surface area contributed by atoms with Crippen molar-refractivity contribution >= 4 is 17.2 Å². The van der Waals surface area contributed by atoms with Crippen molar-refractivity contribution in [3.8, 4) is 11.5 Å². The van der Waals surface area contributed by atoms with Crippen LogP contribution < -0.4 is 5.73 Å². The Morgan fingerprint density at radius 3 is 2.73 bits per heavy atom. The van der Waals surface area contributed by atoms with Crippen LogP contribution >= 0.6 is 11.3 Å². The van der Waals surface area contributed by atoms with E-state index < -0.39 is 5.54 Å². The Bertz CT molecular complexity index is 1280. The minimum absolute atomic E-state index is 0.0946. The van der Waals surface area contributed by atoms with E-state index in [4.69, 9.17) is 10.2 Å². The van der Waals surface area contributed by atoms with Crippen molar-refractivity contribution in [1.82, 2.24) is 20.1 Å². The summed E-state index contributed by atoms with van der Waals surface area (Å²) in [7, 11) is 1.77. The van der Waals surface area contributed by atoms with Gasteiger partial charge in [0.1, 0.15) is 10.5 Å². The highest BCUT2D eigenvalue weighted by molar-refractivity contribution is 7.09. The molecule has 1 aliphatic rings. The number of aryl methyl sites for hydroxylation is 1. The molecule has 0 bridgehead atoms. The van der Waals surface area contributed by atoms with Gasteiger partial charge in [0, 0.05) is 35.2 Å². The van der Waals surface area contributed by atoms with Gasteiger partial charge in [0.25, 0.3) is 5.91 Å². The summed E-state index contributed by atoms with van der Waals surface area (Å²) >= 11 is 1.55. The molecule has 168 valence electrons. The second kappa shape index (κ2) is 8.53. The summed E-state index contributed by atoms with van der Waals surface area (Å²) in [5, 5.41) is 11.4. The molecule has 4 aromatic rings. The summed E-state index contributed by atoms with van der Waals surface area (Å²) in [5.41, 5.74) is 9.43. The second-order valence-electron chi connectivity index (χ2n) is 8.58. The molecule has 0 spiro atoms. The molecule has 33 heavy (non-hydrogen) atoms. The molecule has 1 amide bonds. The number of nitrogens with zero attached hydrogens (tertiary/aromatic N) is 4. The predicted octanol–water partition coefficient (Wildman–Crippen LogP) is 4.51. The molecule has 8 heteroatoms. The van der Waals surface area contributed by atoms with Gasteiger partial charge in [0.05, 0.1) is 6.54 Å². The molecule has 2 atom stereocenters. The van der Waals surface area contributed by atoms with E-state index >= 15 is 0 Å². The molecule has 2 heterocycles. The Labute approximate surface area is 196 Å². The summed E-state index contributed by atoms with van der Waals surface area (Å²) in [5.74, 6) is 0.845. The number of hydrogen-bond acceptors (Lipinski definition) is 7. The van der Waals surface area contributed by atoms with E-state index in [-0.39, 0.29) is 11.8 Å². The largest absolute Gasteiger partial charge is 0.419 e. The molecule has 0 aliphatic heterocycles. The zero-order valence-electron chi connectivity index (χ0n) is 18.6. The van der Waals surface area contributed by atoms with Gasteiger partial charge < -0.3 is 15.1 Å². The number of thiazole rings is 1.